The minimum absolute atomic E-state index is 0.0678. The van der Waals surface area contributed by atoms with Crippen LogP contribution in [0.1, 0.15) is 22.8 Å². The molecule has 0 bridgehead atoms. The highest BCUT2D eigenvalue weighted by atomic mass is 16.3. The number of hydrogen-bond acceptors (Lipinski definition) is 3. The van der Waals surface area contributed by atoms with Gasteiger partial charge < -0.3 is 5.11 Å². The summed E-state index contributed by atoms with van der Waals surface area (Å²) in [5, 5.41) is 13.4. The van der Waals surface area contributed by atoms with Gasteiger partial charge in [0.2, 0.25) is 0 Å². The Labute approximate surface area is 123 Å². The van der Waals surface area contributed by atoms with E-state index < -0.39 is 5.91 Å². The molecule has 4 heteroatoms. The van der Waals surface area contributed by atoms with E-state index in [9.17, 15) is 9.90 Å². The molecule has 0 aliphatic rings. The Bertz CT molecular complexity index is 676. The maximum absolute atomic E-state index is 11.8. The van der Waals surface area contributed by atoms with Crippen LogP contribution in [0, 0.1) is 0 Å². The smallest absolute Gasteiger partial charge is 0.275 e. The summed E-state index contributed by atoms with van der Waals surface area (Å²) in [6.45, 7) is 1.89. The number of rotatable bonds is 4. The van der Waals surface area contributed by atoms with Crippen molar-refractivity contribution in [1.29, 1.82) is 0 Å². The topological polar surface area (TPSA) is 61.7 Å². The van der Waals surface area contributed by atoms with Gasteiger partial charge in [-0.15, -0.1) is 0 Å². The molecular formula is C17H16N2O2. The number of hydrazone groups is 1. The number of nitrogens with zero attached hydrogens (tertiary/aromatic N) is 1. The molecule has 2 N–H and O–H groups in total. The Morgan fingerprint density at radius 3 is 2.48 bits per heavy atom. The van der Waals surface area contributed by atoms with Crippen LogP contribution in [0.2, 0.25) is 0 Å². The molecule has 1 amide bonds. The van der Waals surface area contributed by atoms with Gasteiger partial charge in [0.05, 0.1) is 11.8 Å². The Morgan fingerprint density at radius 1 is 1.10 bits per heavy atom. The minimum Gasteiger partial charge on any atom is -0.507 e. The Kier molecular flexibility index (Phi) is 4.88. The van der Waals surface area contributed by atoms with Crippen LogP contribution in [0.15, 0.2) is 65.3 Å². The molecule has 0 aliphatic heterocycles. The lowest BCUT2D eigenvalue weighted by Crippen LogP contribution is -2.17. The van der Waals surface area contributed by atoms with Crippen molar-refractivity contribution in [2.24, 2.45) is 5.10 Å². The molecule has 0 aromatic heterocycles. The number of aromatic hydroxyl groups is 1. The van der Waals surface area contributed by atoms with E-state index in [1.54, 1.807) is 18.3 Å². The molecule has 0 heterocycles. The molecule has 0 aliphatic carbocycles. The molecule has 4 nitrogen and oxygen atoms in total. The maximum atomic E-state index is 11.8. The van der Waals surface area contributed by atoms with Crippen LogP contribution in [0.5, 0.6) is 5.75 Å². The lowest BCUT2D eigenvalue weighted by molar-refractivity contribution is 0.0952. The van der Waals surface area contributed by atoms with Gasteiger partial charge in [-0.1, -0.05) is 48.5 Å². The van der Waals surface area contributed by atoms with Gasteiger partial charge in [-0.3, -0.25) is 4.79 Å². The molecular weight excluding hydrogens is 264 g/mol. The largest absolute Gasteiger partial charge is 0.507 e. The van der Waals surface area contributed by atoms with Crippen LogP contribution in [0.4, 0.5) is 0 Å². The lowest BCUT2D eigenvalue weighted by atomic mass is 10.1. The van der Waals surface area contributed by atoms with Crippen molar-refractivity contribution < 1.29 is 9.90 Å². The molecule has 0 saturated carbocycles. The lowest BCUT2D eigenvalue weighted by Gasteiger charge is -2.01. The van der Waals surface area contributed by atoms with Crippen molar-refractivity contribution in [1.82, 2.24) is 5.43 Å². The molecule has 0 unspecified atom stereocenters. The summed E-state index contributed by atoms with van der Waals surface area (Å²) in [4.78, 5) is 11.8. The number of allylic oxidation sites excluding steroid dienone is 1. The number of phenolic OH excluding ortho intramolecular Hbond substituents is 1. The van der Waals surface area contributed by atoms with Crippen molar-refractivity contribution >= 4 is 18.2 Å². The SMILES string of the molecule is CC(/C=N\NC(=O)c1ccccc1O)=C/c1ccccc1. The highest BCUT2D eigenvalue weighted by molar-refractivity contribution is 5.97. The van der Waals surface area contributed by atoms with Crippen molar-refractivity contribution in [2.75, 3.05) is 0 Å². The summed E-state index contributed by atoms with van der Waals surface area (Å²) in [6.07, 6.45) is 3.51. The van der Waals surface area contributed by atoms with E-state index in [0.717, 1.165) is 11.1 Å². The van der Waals surface area contributed by atoms with E-state index in [1.165, 1.54) is 12.1 Å². The maximum Gasteiger partial charge on any atom is 0.275 e. The van der Waals surface area contributed by atoms with E-state index in [0.29, 0.717) is 0 Å². The first-order valence-electron chi connectivity index (χ1n) is 6.51. The molecule has 106 valence electrons. The van der Waals surface area contributed by atoms with Gasteiger partial charge in [-0.25, -0.2) is 5.43 Å². The molecule has 0 radical (unpaired) electrons. The van der Waals surface area contributed by atoms with Crippen LogP contribution in [-0.2, 0) is 0 Å². The van der Waals surface area contributed by atoms with Crippen LogP contribution in [0.25, 0.3) is 6.08 Å². The van der Waals surface area contributed by atoms with Gasteiger partial charge in [0, 0.05) is 0 Å². The van der Waals surface area contributed by atoms with Gasteiger partial charge in [0.25, 0.3) is 5.91 Å². The number of hydrogen-bond donors (Lipinski definition) is 2. The number of carbonyl (C=O) groups is 1. The fourth-order valence-corrected chi connectivity index (χ4v) is 1.77. The number of nitrogens with one attached hydrogen (secondary N) is 1. The fourth-order valence-electron chi connectivity index (χ4n) is 1.77. The molecule has 0 atom stereocenters. The predicted octanol–water partition coefficient (Wildman–Crippen LogP) is 3.21. The molecule has 0 fully saturated rings. The van der Waals surface area contributed by atoms with Crippen molar-refractivity contribution in [3.8, 4) is 5.75 Å². The quantitative estimate of drug-likeness (QED) is 0.667. The van der Waals surface area contributed by atoms with Crippen molar-refractivity contribution in [3.05, 3.63) is 71.3 Å². The van der Waals surface area contributed by atoms with E-state index in [2.05, 4.69) is 10.5 Å². The second-order valence-corrected chi connectivity index (χ2v) is 4.52. The minimum atomic E-state index is -0.447. The zero-order valence-corrected chi connectivity index (χ0v) is 11.7. The molecule has 2 aromatic rings. The van der Waals surface area contributed by atoms with Gasteiger partial charge in [-0.2, -0.15) is 5.10 Å². The molecule has 0 spiro atoms. The van der Waals surface area contributed by atoms with E-state index in [4.69, 9.17) is 0 Å². The highest BCUT2D eigenvalue weighted by Crippen LogP contribution is 2.14. The van der Waals surface area contributed by atoms with E-state index in [1.807, 2.05) is 43.3 Å². The van der Waals surface area contributed by atoms with Crippen LogP contribution in [-0.4, -0.2) is 17.2 Å². The fraction of sp³-hybridized carbons (Fsp3) is 0.0588. The number of amides is 1. The average molecular weight is 280 g/mol. The van der Waals surface area contributed by atoms with Gasteiger partial charge in [0.15, 0.2) is 0 Å². The van der Waals surface area contributed by atoms with Gasteiger partial charge in [-0.05, 0) is 30.2 Å². The predicted molar refractivity (Wildman–Crippen MR) is 84.2 cm³/mol. The third-order valence-corrected chi connectivity index (χ3v) is 2.78. The normalized spacial score (nSPS) is 11.6. The number of benzene rings is 2. The summed E-state index contributed by atoms with van der Waals surface area (Å²) in [6, 6.07) is 16.2. The van der Waals surface area contributed by atoms with E-state index >= 15 is 0 Å². The first-order valence-corrected chi connectivity index (χ1v) is 6.51. The number of phenols is 1. The molecule has 21 heavy (non-hydrogen) atoms. The summed E-state index contributed by atoms with van der Waals surface area (Å²) in [5.41, 5.74) is 4.55. The molecule has 2 aromatic carbocycles. The summed E-state index contributed by atoms with van der Waals surface area (Å²) >= 11 is 0. The molecule has 0 saturated heterocycles. The monoisotopic (exact) mass is 280 g/mol. The zero-order valence-electron chi connectivity index (χ0n) is 11.7. The van der Waals surface area contributed by atoms with Crippen molar-refractivity contribution in [2.45, 2.75) is 6.92 Å². The van der Waals surface area contributed by atoms with Crippen LogP contribution >= 0.6 is 0 Å². The van der Waals surface area contributed by atoms with E-state index in [-0.39, 0.29) is 11.3 Å². The highest BCUT2D eigenvalue weighted by Gasteiger charge is 2.08. The Morgan fingerprint density at radius 2 is 1.76 bits per heavy atom. The average Bonchev–Trinajstić information content (AvgIpc) is 2.48. The second-order valence-electron chi connectivity index (χ2n) is 4.52. The first kappa shape index (κ1) is 14.5. The summed E-state index contributed by atoms with van der Waals surface area (Å²) in [7, 11) is 0. The molecule has 2 rings (SSSR count). The van der Waals surface area contributed by atoms with Gasteiger partial charge in [0.1, 0.15) is 5.75 Å². The number of para-hydroxylation sites is 1. The van der Waals surface area contributed by atoms with Crippen molar-refractivity contribution in [3.63, 3.8) is 0 Å². The standard InChI is InChI=1S/C17H16N2O2/c1-13(11-14-7-3-2-4-8-14)12-18-19-17(21)15-9-5-6-10-16(15)20/h2-12,20H,1H3,(H,19,21)/b13-11-,18-12-. The summed E-state index contributed by atoms with van der Waals surface area (Å²) in [5.74, 6) is -0.515. The third kappa shape index (κ3) is 4.31. The Hall–Kier alpha value is -2.88. The summed E-state index contributed by atoms with van der Waals surface area (Å²) < 4.78 is 0. The van der Waals surface area contributed by atoms with Gasteiger partial charge >= 0.3 is 0 Å². The zero-order chi connectivity index (χ0) is 15.1. The first-order chi connectivity index (χ1) is 10.2. The third-order valence-electron chi connectivity index (χ3n) is 2.78. The Balaban J connectivity index is 1.98. The number of carbonyl (C=O) groups excluding carboxylic acids is 1. The van der Waals surface area contributed by atoms with Crippen LogP contribution < -0.4 is 5.43 Å². The second kappa shape index (κ2) is 7.05. The van der Waals surface area contributed by atoms with Crippen LogP contribution in [0.3, 0.4) is 0 Å².